The minimum absolute atomic E-state index is 0.145. The molecule has 1 aliphatic rings. The number of morpholine rings is 1. The van der Waals surface area contributed by atoms with Crippen molar-refractivity contribution in [1.82, 2.24) is 9.29 Å². The number of hydrogen-bond donors (Lipinski definition) is 1. The van der Waals surface area contributed by atoms with Gasteiger partial charge < -0.3 is 14.5 Å². The number of aromatic nitrogens is 1. The molecule has 3 rings (SSSR count). The SMILES string of the molecule is Cc1nc(SC(C)C(=O)Nc2cccc(S(=O)(=O)N3CCOCC3)c2)oc1C. The Bertz CT molecular complexity index is 932. The van der Waals surface area contributed by atoms with Gasteiger partial charge in [-0.25, -0.2) is 13.4 Å². The molecule has 8 nitrogen and oxygen atoms in total. The van der Waals surface area contributed by atoms with Gasteiger partial charge in [-0.15, -0.1) is 0 Å². The van der Waals surface area contributed by atoms with E-state index in [1.54, 1.807) is 19.1 Å². The first-order valence-electron chi connectivity index (χ1n) is 8.87. The first kappa shape index (κ1) is 20.8. The first-order chi connectivity index (χ1) is 13.3. The molecule has 0 saturated carbocycles. The summed E-state index contributed by atoms with van der Waals surface area (Å²) in [6, 6.07) is 6.27. The highest BCUT2D eigenvalue weighted by atomic mass is 32.2. The van der Waals surface area contributed by atoms with Gasteiger partial charge in [-0.05, 0) is 39.0 Å². The molecule has 1 N–H and O–H groups in total. The van der Waals surface area contributed by atoms with Gasteiger partial charge in [0.1, 0.15) is 5.76 Å². The summed E-state index contributed by atoms with van der Waals surface area (Å²) < 4.78 is 37.6. The van der Waals surface area contributed by atoms with Gasteiger partial charge in [0.25, 0.3) is 5.22 Å². The molecule has 152 valence electrons. The molecule has 1 aromatic heterocycles. The quantitative estimate of drug-likeness (QED) is 0.709. The van der Waals surface area contributed by atoms with E-state index in [9.17, 15) is 13.2 Å². The molecule has 2 heterocycles. The lowest BCUT2D eigenvalue weighted by Crippen LogP contribution is -2.40. The van der Waals surface area contributed by atoms with Gasteiger partial charge in [-0.1, -0.05) is 17.8 Å². The molecule has 0 radical (unpaired) electrons. The van der Waals surface area contributed by atoms with Gasteiger partial charge in [-0.2, -0.15) is 4.31 Å². The van der Waals surface area contributed by atoms with Gasteiger partial charge in [0.15, 0.2) is 0 Å². The van der Waals surface area contributed by atoms with Gasteiger partial charge in [0.2, 0.25) is 15.9 Å². The van der Waals surface area contributed by atoms with Crippen molar-refractivity contribution in [1.29, 1.82) is 0 Å². The van der Waals surface area contributed by atoms with E-state index in [-0.39, 0.29) is 10.8 Å². The lowest BCUT2D eigenvalue weighted by molar-refractivity contribution is -0.115. The molecule has 1 unspecified atom stereocenters. The number of aryl methyl sites for hydroxylation is 2. The molecular formula is C18H23N3O5S2. The van der Waals surface area contributed by atoms with Gasteiger partial charge in [-0.3, -0.25) is 4.79 Å². The van der Waals surface area contributed by atoms with Crippen LogP contribution in [-0.4, -0.2) is 55.2 Å². The highest BCUT2D eigenvalue weighted by molar-refractivity contribution is 8.00. The van der Waals surface area contributed by atoms with E-state index < -0.39 is 15.3 Å². The van der Waals surface area contributed by atoms with Crippen molar-refractivity contribution in [2.45, 2.75) is 36.1 Å². The van der Waals surface area contributed by atoms with Crippen LogP contribution in [-0.2, 0) is 19.6 Å². The van der Waals surface area contributed by atoms with Crippen molar-refractivity contribution < 1.29 is 22.4 Å². The Hall–Kier alpha value is -1.88. The highest BCUT2D eigenvalue weighted by Gasteiger charge is 2.27. The molecule has 1 aliphatic heterocycles. The molecule has 1 fully saturated rings. The van der Waals surface area contributed by atoms with Gasteiger partial charge >= 0.3 is 0 Å². The zero-order chi connectivity index (χ0) is 20.3. The summed E-state index contributed by atoms with van der Waals surface area (Å²) in [6.07, 6.45) is 0. The lowest BCUT2D eigenvalue weighted by Gasteiger charge is -2.26. The molecule has 0 aliphatic carbocycles. The van der Waals surface area contributed by atoms with Crippen LogP contribution < -0.4 is 5.32 Å². The molecule has 1 aromatic carbocycles. The normalized spacial score (nSPS) is 16.7. The summed E-state index contributed by atoms with van der Waals surface area (Å²) >= 11 is 1.21. The number of anilines is 1. The third kappa shape index (κ3) is 4.75. The van der Waals surface area contributed by atoms with Crippen LogP contribution in [0.4, 0.5) is 5.69 Å². The minimum atomic E-state index is -3.62. The number of ether oxygens (including phenoxy) is 1. The summed E-state index contributed by atoms with van der Waals surface area (Å²) in [6.45, 7) is 6.80. The topological polar surface area (TPSA) is 102 Å². The maximum Gasteiger partial charge on any atom is 0.256 e. The predicted octanol–water partition coefficient (Wildman–Crippen LogP) is 2.43. The van der Waals surface area contributed by atoms with Crippen molar-refractivity contribution in [2.24, 2.45) is 0 Å². The minimum Gasteiger partial charge on any atom is -0.437 e. The van der Waals surface area contributed by atoms with Crippen molar-refractivity contribution in [3.05, 3.63) is 35.7 Å². The number of carbonyl (C=O) groups excluding carboxylic acids is 1. The van der Waals surface area contributed by atoms with E-state index in [1.165, 1.54) is 28.2 Å². The second-order valence-electron chi connectivity index (χ2n) is 6.41. The molecule has 2 aromatic rings. The number of oxazole rings is 1. The summed E-state index contributed by atoms with van der Waals surface area (Å²) in [5.41, 5.74) is 1.21. The van der Waals surface area contributed by atoms with Crippen molar-refractivity contribution >= 4 is 33.4 Å². The zero-order valence-corrected chi connectivity index (χ0v) is 17.6. The Balaban J connectivity index is 1.68. The van der Waals surface area contributed by atoms with Crippen LogP contribution in [0.3, 0.4) is 0 Å². The van der Waals surface area contributed by atoms with E-state index in [4.69, 9.17) is 9.15 Å². The fourth-order valence-electron chi connectivity index (χ4n) is 2.61. The van der Waals surface area contributed by atoms with Crippen LogP contribution in [0.1, 0.15) is 18.4 Å². The maximum atomic E-state index is 12.8. The van der Waals surface area contributed by atoms with Crippen molar-refractivity contribution in [3.63, 3.8) is 0 Å². The number of thioether (sulfide) groups is 1. The van der Waals surface area contributed by atoms with Crippen LogP contribution in [0, 0.1) is 13.8 Å². The number of benzene rings is 1. The number of amides is 1. The maximum absolute atomic E-state index is 12.8. The molecule has 1 atom stereocenters. The van der Waals surface area contributed by atoms with Crippen LogP contribution in [0.2, 0.25) is 0 Å². The van der Waals surface area contributed by atoms with E-state index in [2.05, 4.69) is 10.3 Å². The van der Waals surface area contributed by atoms with Crippen molar-refractivity contribution in [2.75, 3.05) is 31.6 Å². The molecular weight excluding hydrogens is 402 g/mol. The predicted molar refractivity (Wildman–Crippen MR) is 106 cm³/mol. The summed E-state index contributed by atoms with van der Waals surface area (Å²) in [5.74, 6) is 0.454. The first-order valence-corrected chi connectivity index (χ1v) is 11.2. The Kier molecular flexibility index (Phi) is 6.43. The monoisotopic (exact) mass is 425 g/mol. The Morgan fingerprint density at radius 2 is 2.00 bits per heavy atom. The zero-order valence-electron chi connectivity index (χ0n) is 16.0. The van der Waals surface area contributed by atoms with Gasteiger partial charge in [0, 0.05) is 18.8 Å². The van der Waals surface area contributed by atoms with Crippen molar-refractivity contribution in [3.8, 4) is 0 Å². The van der Waals surface area contributed by atoms with E-state index >= 15 is 0 Å². The van der Waals surface area contributed by atoms with Crippen LogP contribution in [0.25, 0.3) is 0 Å². The number of nitrogens with zero attached hydrogens (tertiary/aromatic N) is 2. The molecule has 10 heteroatoms. The van der Waals surface area contributed by atoms with Gasteiger partial charge in [0.05, 0.1) is 29.1 Å². The summed E-state index contributed by atoms with van der Waals surface area (Å²) in [5, 5.41) is 2.73. The average molecular weight is 426 g/mol. The Labute approximate surface area is 168 Å². The van der Waals surface area contributed by atoms with Crippen LogP contribution in [0.15, 0.2) is 38.8 Å². The third-order valence-corrected chi connectivity index (χ3v) is 7.20. The van der Waals surface area contributed by atoms with Crippen LogP contribution >= 0.6 is 11.8 Å². The Morgan fingerprint density at radius 1 is 1.29 bits per heavy atom. The molecule has 1 saturated heterocycles. The molecule has 0 spiro atoms. The van der Waals surface area contributed by atoms with E-state index in [1.807, 2.05) is 13.8 Å². The summed E-state index contributed by atoms with van der Waals surface area (Å²) in [7, 11) is -3.62. The standard InChI is InChI=1S/C18H23N3O5S2/c1-12-13(2)26-18(19-12)27-14(3)17(22)20-15-5-4-6-16(11-15)28(23,24)21-7-9-25-10-8-21/h4-6,11,14H,7-10H2,1-3H3,(H,20,22). The fourth-order valence-corrected chi connectivity index (χ4v) is 4.90. The number of carbonyl (C=O) groups is 1. The average Bonchev–Trinajstić information content (AvgIpc) is 2.99. The smallest absolute Gasteiger partial charge is 0.256 e. The van der Waals surface area contributed by atoms with Crippen LogP contribution in [0.5, 0.6) is 0 Å². The number of hydrogen-bond acceptors (Lipinski definition) is 7. The molecule has 1 amide bonds. The number of rotatable bonds is 6. The summed E-state index contributed by atoms with van der Waals surface area (Å²) in [4.78, 5) is 16.9. The number of nitrogens with one attached hydrogen (secondary N) is 1. The highest BCUT2D eigenvalue weighted by Crippen LogP contribution is 2.26. The largest absolute Gasteiger partial charge is 0.437 e. The second-order valence-corrected chi connectivity index (χ2v) is 9.64. The second kappa shape index (κ2) is 8.64. The van der Waals surface area contributed by atoms with E-state index in [0.29, 0.717) is 37.2 Å². The van der Waals surface area contributed by atoms with E-state index in [0.717, 1.165) is 11.5 Å². The third-order valence-electron chi connectivity index (χ3n) is 4.37. The number of sulfonamides is 1. The Morgan fingerprint density at radius 3 is 2.64 bits per heavy atom. The molecule has 28 heavy (non-hydrogen) atoms. The molecule has 0 bridgehead atoms. The fraction of sp³-hybridized carbons (Fsp3) is 0.444. The lowest BCUT2D eigenvalue weighted by atomic mass is 10.3.